The van der Waals surface area contributed by atoms with Crippen LogP contribution in [-0.2, 0) is 9.84 Å². The zero-order valence-electron chi connectivity index (χ0n) is 9.17. The topological polar surface area (TPSA) is 57.9 Å². The molecule has 0 bridgehead atoms. The minimum atomic E-state index is -3.13. The number of rotatable bonds is 4. The lowest BCUT2D eigenvalue weighted by Gasteiger charge is -2.06. The average molecular weight is 255 g/mol. The fraction of sp³-hybridized carbons (Fsp3) is 0.364. The van der Waals surface area contributed by atoms with E-state index >= 15 is 0 Å². The van der Waals surface area contributed by atoms with Crippen LogP contribution in [0.3, 0.4) is 0 Å². The van der Waals surface area contributed by atoms with Gasteiger partial charge in [0.15, 0.2) is 9.84 Å². The van der Waals surface area contributed by atoms with E-state index in [1.54, 1.807) is 24.3 Å². The summed E-state index contributed by atoms with van der Waals surface area (Å²) in [5.74, 6) is 0. The summed E-state index contributed by atoms with van der Waals surface area (Å²) in [6, 6.07) is 8.81. The van der Waals surface area contributed by atoms with Crippen molar-refractivity contribution in [2.24, 2.45) is 0 Å². The van der Waals surface area contributed by atoms with E-state index in [9.17, 15) is 8.42 Å². The molecule has 0 aromatic heterocycles. The van der Waals surface area contributed by atoms with Gasteiger partial charge in [0, 0.05) is 11.2 Å². The second-order valence-electron chi connectivity index (χ2n) is 3.39. The summed E-state index contributed by atoms with van der Waals surface area (Å²) in [5, 5.41) is 8.72. The van der Waals surface area contributed by atoms with Crippen LogP contribution in [0.2, 0.25) is 0 Å². The highest BCUT2D eigenvalue weighted by Crippen LogP contribution is 2.25. The first-order chi connectivity index (χ1) is 7.47. The van der Waals surface area contributed by atoms with Crippen LogP contribution in [0.5, 0.6) is 0 Å². The second-order valence-corrected chi connectivity index (χ2v) is 6.68. The molecule has 0 heterocycles. The predicted molar refractivity (Wildman–Crippen MR) is 65.1 cm³/mol. The molecule has 1 atom stereocenters. The Morgan fingerprint density at radius 1 is 1.38 bits per heavy atom. The minimum Gasteiger partial charge on any atom is -0.224 e. The van der Waals surface area contributed by atoms with Crippen LogP contribution in [0.1, 0.15) is 13.3 Å². The van der Waals surface area contributed by atoms with Crippen LogP contribution < -0.4 is 0 Å². The molecule has 1 rings (SSSR count). The molecule has 0 radical (unpaired) electrons. The summed E-state index contributed by atoms with van der Waals surface area (Å²) in [5.41, 5.74) is 0. The quantitative estimate of drug-likeness (QED) is 0.776. The summed E-state index contributed by atoms with van der Waals surface area (Å²) in [4.78, 5) is 1.22. The Hall–Kier alpha value is -0.990. The molecule has 1 aromatic carbocycles. The van der Waals surface area contributed by atoms with Crippen molar-refractivity contribution in [3.05, 3.63) is 24.3 Å². The fourth-order valence-corrected chi connectivity index (χ4v) is 2.60. The van der Waals surface area contributed by atoms with Crippen LogP contribution >= 0.6 is 11.8 Å². The van der Waals surface area contributed by atoms with Gasteiger partial charge in [0.2, 0.25) is 0 Å². The molecule has 0 saturated heterocycles. The maximum absolute atomic E-state index is 11.2. The van der Waals surface area contributed by atoms with Gasteiger partial charge in [-0.15, -0.1) is 11.8 Å². The summed E-state index contributed by atoms with van der Waals surface area (Å²) < 4.78 is 22.4. The first-order valence-electron chi connectivity index (χ1n) is 4.83. The average Bonchev–Trinajstić information content (AvgIpc) is 2.25. The van der Waals surface area contributed by atoms with Crippen molar-refractivity contribution in [2.75, 3.05) is 6.26 Å². The third-order valence-electron chi connectivity index (χ3n) is 2.05. The lowest BCUT2D eigenvalue weighted by Crippen LogP contribution is -1.97. The van der Waals surface area contributed by atoms with Crippen LogP contribution in [0.15, 0.2) is 34.1 Å². The van der Waals surface area contributed by atoms with Gasteiger partial charge in [0.05, 0.1) is 16.2 Å². The Morgan fingerprint density at radius 2 is 1.94 bits per heavy atom. The Balaban J connectivity index is 2.85. The van der Waals surface area contributed by atoms with Gasteiger partial charge in [-0.05, 0) is 30.7 Å². The number of hydrogen-bond donors (Lipinski definition) is 0. The van der Waals surface area contributed by atoms with Crippen molar-refractivity contribution < 1.29 is 8.42 Å². The Kier molecular flexibility index (Phi) is 4.39. The van der Waals surface area contributed by atoms with E-state index in [4.69, 9.17) is 5.26 Å². The third-order valence-corrected chi connectivity index (χ3v) is 4.44. The Morgan fingerprint density at radius 3 is 2.31 bits per heavy atom. The molecule has 0 spiro atoms. The number of sulfone groups is 1. The van der Waals surface area contributed by atoms with Crippen LogP contribution in [0.4, 0.5) is 0 Å². The van der Waals surface area contributed by atoms with Crippen molar-refractivity contribution in [3.8, 4) is 6.07 Å². The molecule has 1 aromatic rings. The molecular weight excluding hydrogens is 242 g/mol. The number of hydrogen-bond acceptors (Lipinski definition) is 4. The van der Waals surface area contributed by atoms with Crippen molar-refractivity contribution in [1.29, 1.82) is 5.26 Å². The van der Waals surface area contributed by atoms with Gasteiger partial charge in [-0.25, -0.2) is 8.42 Å². The van der Waals surface area contributed by atoms with E-state index in [2.05, 4.69) is 6.07 Å². The van der Waals surface area contributed by atoms with Crippen molar-refractivity contribution in [1.82, 2.24) is 0 Å². The summed E-state index contributed by atoms with van der Waals surface area (Å²) >= 11 is 1.45. The molecule has 0 amide bonds. The van der Waals surface area contributed by atoms with Gasteiger partial charge in [-0.3, -0.25) is 0 Å². The van der Waals surface area contributed by atoms with Gasteiger partial charge in [0.1, 0.15) is 0 Å². The maximum atomic E-state index is 11.2. The van der Waals surface area contributed by atoms with E-state index in [-0.39, 0.29) is 5.25 Å². The lowest BCUT2D eigenvalue weighted by molar-refractivity contribution is 0.602. The Bertz CT molecular complexity index is 486. The zero-order chi connectivity index (χ0) is 12.2. The SMILES string of the molecule is CCC(C#N)Sc1ccc(S(C)(=O)=O)cc1. The molecule has 1 unspecified atom stereocenters. The number of thioether (sulfide) groups is 1. The second kappa shape index (κ2) is 5.37. The first kappa shape index (κ1) is 13.1. The highest BCUT2D eigenvalue weighted by Gasteiger charge is 2.09. The first-order valence-corrected chi connectivity index (χ1v) is 7.61. The molecule has 86 valence electrons. The standard InChI is InChI=1S/C11H13NO2S2/c1-3-9(8-12)15-10-4-6-11(7-5-10)16(2,13)14/h4-7,9H,3H2,1-2H3. The van der Waals surface area contributed by atoms with Gasteiger partial charge in [-0.1, -0.05) is 6.92 Å². The molecule has 0 aliphatic heterocycles. The maximum Gasteiger partial charge on any atom is 0.175 e. The van der Waals surface area contributed by atoms with E-state index in [1.165, 1.54) is 18.0 Å². The smallest absolute Gasteiger partial charge is 0.175 e. The van der Waals surface area contributed by atoms with Gasteiger partial charge < -0.3 is 0 Å². The van der Waals surface area contributed by atoms with E-state index in [1.807, 2.05) is 6.92 Å². The van der Waals surface area contributed by atoms with E-state index in [0.29, 0.717) is 4.90 Å². The van der Waals surface area contributed by atoms with Gasteiger partial charge in [-0.2, -0.15) is 5.26 Å². The van der Waals surface area contributed by atoms with Crippen molar-refractivity contribution in [3.63, 3.8) is 0 Å². The number of nitrogens with zero attached hydrogens (tertiary/aromatic N) is 1. The molecule has 0 aliphatic carbocycles. The number of benzene rings is 1. The third kappa shape index (κ3) is 3.54. The molecule has 3 nitrogen and oxygen atoms in total. The van der Waals surface area contributed by atoms with E-state index < -0.39 is 9.84 Å². The van der Waals surface area contributed by atoms with Crippen LogP contribution in [-0.4, -0.2) is 19.9 Å². The Labute approximate surface area is 100 Å². The van der Waals surface area contributed by atoms with Crippen molar-refractivity contribution in [2.45, 2.75) is 28.4 Å². The monoisotopic (exact) mass is 255 g/mol. The largest absolute Gasteiger partial charge is 0.224 e. The minimum absolute atomic E-state index is 0.0796. The van der Waals surface area contributed by atoms with Crippen molar-refractivity contribution >= 4 is 21.6 Å². The molecule has 16 heavy (non-hydrogen) atoms. The van der Waals surface area contributed by atoms with Gasteiger partial charge >= 0.3 is 0 Å². The molecule has 0 aliphatic rings. The molecule has 0 fully saturated rings. The molecule has 0 N–H and O–H groups in total. The van der Waals surface area contributed by atoms with Crippen LogP contribution in [0, 0.1) is 11.3 Å². The van der Waals surface area contributed by atoms with Crippen LogP contribution in [0.25, 0.3) is 0 Å². The highest BCUT2D eigenvalue weighted by atomic mass is 32.2. The summed E-state index contributed by atoms with van der Waals surface area (Å²) in [6.07, 6.45) is 1.95. The highest BCUT2D eigenvalue weighted by molar-refractivity contribution is 8.00. The van der Waals surface area contributed by atoms with Gasteiger partial charge in [0.25, 0.3) is 0 Å². The fourth-order valence-electron chi connectivity index (χ4n) is 1.13. The molecule has 5 heteroatoms. The normalized spacial score (nSPS) is 13.1. The molecule has 0 saturated carbocycles. The predicted octanol–water partition coefficient (Wildman–Crippen LogP) is 2.48. The molecular formula is C11H13NO2S2. The van der Waals surface area contributed by atoms with E-state index in [0.717, 1.165) is 11.3 Å². The lowest BCUT2D eigenvalue weighted by atomic mass is 10.4. The zero-order valence-corrected chi connectivity index (χ0v) is 10.8. The summed E-state index contributed by atoms with van der Waals surface area (Å²) in [6.45, 7) is 1.95. The number of nitriles is 1. The summed E-state index contributed by atoms with van der Waals surface area (Å²) in [7, 11) is -3.13.